The summed E-state index contributed by atoms with van der Waals surface area (Å²) in [5.74, 6) is 2.77. The zero-order chi connectivity index (χ0) is 24.1. The Kier molecular flexibility index (Phi) is 7.25. The Morgan fingerprint density at radius 1 is 1.15 bits per heavy atom. The van der Waals surface area contributed by atoms with E-state index < -0.39 is 10.2 Å². The van der Waals surface area contributed by atoms with Crippen molar-refractivity contribution in [3.63, 3.8) is 0 Å². The molecule has 11 heteroatoms. The molecule has 0 saturated carbocycles. The van der Waals surface area contributed by atoms with E-state index in [1.807, 2.05) is 36.4 Å². The van der Waals surface area contributed by atoms with E-state index in [9.17, 15) is 8.42 Å². The maximum absolute atomic E-state index is 11.2. The summed E-state index contributed by atoms with van der Waals surface area (Å²) in [5, 5.41) is 5.93. The molecule has 0 unspecified atom stereocenters. The SMILES string of the molecule is COc1cc2nc(/C=C/c3cccnc3)nc(N3CCC(CNS(N)(=O)=O)CC3)c2cc1OC. The molecule has 1 saturated heterocycles. The third kappa shape index (κ3) is 5.79. The lowest BCUT2D eigenvalue weighted by molar-refractivity contribution is 0.355. The summed E-state index contributed by atoms with van der Waals surface area (Å²) in [6.45, 7) is 1.79. The van der Waals surface area contributed by atoms with Gasteiger partial charge in [0.05, 0.1) is 19.7 Å². The number of anilines is 1. The predicted octanol–water partition coefficient (Wildman–Crippen LogP) is 2.22. The fourth-order valence-electron chi connectivity index (χ4n) is 4.00. The second-order valence-corrected chi connectivity index (χ2v) is 9.45. The van der Waals surface area contributed by atoms with Gasteiger partial charge in [0.15, 0.2) is 17.3 Å². The van der Waals surface area contributed by atoms with E-state index in [1.165, 1.54) is 0 Å². The number of aromatic nitrogens is 3. The van der Waals surface area contributed by atoms with Crippen LogP contribution in [0.25, 0.3) is 23.1 Å². The van der Waals surface area contributed by atoms with Gasteiger partial charge in [0.1, 0.15) is 5.82 Å². The molecule has 3 aromatic rings. The van der Waals surface area contributed by atoms with Crippen LogP contribution in [-0.4, -0.2) is 57.2 Å². The molecule has 180 valence electrons. The Bertz CT molecular complexity index is 1280. The predicted molar refractivity (Wildman–Crippen MR) is 132 cm³/mol. The quantitative estimate of drug-likeness (QED) is 0.497. The molecule has 0 bridgehead atoms. The maximum Gasteiger partial charge on any atom is 0.274 e. The number of pyridine rings is 1. The van der Waals surface area contributed by atoms with Crippen LogP contribution in [0.1, 0.15) is 24.2 Å². The van der Waals surface area contributed by atoms with Gasteiger partial charge in [-0.1, -0.05) is 6.07 Å². The summed E-state index contributed by atoms with van der Waals surface area (Å²) < 4.78 is 35.8. The molecule has 10 nitrogen and oxygen atoms in total. The molecule has 0 amide bonds. The van der Waals surface area contributed by atoms with E-state index in [0.717, 1.165) is 48.2 Å². The van der Waals surface area contributed by atoms with Crippen LogP contribution < -0.4 is 24.2 Å². The molecule has 0 atom stereocenters. The van der Waals surface area contributed by atoms with Crippen LogP contribution in [0.2, 0.25) is 0 Å². The lowest BCUT2D eigenvalue weighted by Gasteiger charge is -2.33. The average Bonchev–Trinajstić information content (AvgIpc) is 2.85. The van der Waals surface area contributed by atoms with Gasteiger partial charge in [-0.15, -0.1) is 0 Å². The Labute approximate surface area is 199 Å². The molecule has 4 rings (SSSR count). The zero-order valence-electron chi connectivity index (χ0n) is 19.1. The molecular formula is C23H28N6O4S. The number of nitrogens with two attached hydrogens (primary N) is 1. The topological polar surface area (TPSA) is 133 Å². The van der Waals surface area contributed by atoms with Gasteiger partial charge in [-0.3, -0.25) is 4.98 Å². The smallest absolute Gasteiger partial charge is 0.274 e. The van der Waals surface area contributed by atoms with Gasteiger partial charge in [-0.25, -0.2) is 19.8 Å². The van der Waals surface area contributed by atoms with Gasteiger partial charge < -0.3 is 14.4 Å². The molecule has 1 aliphatic rings. The summed E-state index contributed by atoms with van der Waals surface area (Å²) in [5.41, 5.74) is 1.69. The number of benzene rings is 1. The molecule has 0 aliphatic carbocycles. The van der Waals surface area contributed by atoms with Crippen LogP contribution in [0, 0.1) is 5.92 Å². The number of piperidine rings is 1. The Morgan fingerprint density at radius 3 is 2.53 bits per heavy atom. The van der Waals surface area contributed by atoms with Gasteiger partial charge in [0, 0.05) is 43.5 Å². The Hall–Kier alpha value is -3.28. The first-order valence-electron chi connectivity index (χ1n) is 10.9. The number of hydrogen-bond acceptors (Lipinski definition) is 8. The standard InChI is InChI=1S/C23H28N6O4S/c1-32-20-12-18-19(13-21(20)33-2)27-22(6-5-16-4-3-9-25-14-16)28-23(18)29-10-7-17(8-11-29)15-26-34(24,30)31/h3-6,9,12-14,17,26H,7-8,10-11,15H2,1-2H3,(H2,24,30,31)/b6-5+. The van der Waals surface area contributed by atoms with Crippen LogP contribution in [-0.2, 0) is 10.2 Å². The lowest BCUT2D eigenvalue weighted by Crippen LogP contribution is -2.40. The van der Waals surface area contributed by atoms with Crippen molar-refractivity contribution in [3.05, 3.63) is 48.0 Å². The van der Waals surface area contributed by atoms with E-state index in [2.05, 4.69) is 14.6 Å². The van der Waals surface area contributed by atoms with Gasteiger partial charge >= 0.3 is 0 Å². The first-order chi connectivity index (χ1) is 16.4. The molecule has 34 heavy (non-hydrogen) atoms. The van der Waals surface area contributed by atoms with Crippen molar-refractivity contribution in [2.45, 2.75) is 12.8 Å². The van der Waals surface area contributed by atoms with Gasteiger partial charge in [0.2, 0.25) is 0 Å². The number of nitrogens with one attached hydrogen (secondary N) is 1. The monoisotopic (exact) mass is 484 g/mol. The van der Waals surface area contributed by atoms with Crippen LogP contribution in [0.4, 0.5) is 5.82 Å². The minimum atomic E-state index is -3.69. The average molecular weight is 485 g/mol. The third-order valence-corrected chi connectivity index (χ3v) is 6.36. The first-order valence-corrected chi connectivity index (χ1v) is 12.4. The summed E-state index contributed by atoms with van der Waals surface area (Å²) in [7, 11) is -0.500. The van der Waals surface area contributed by atoms with Crippen molar-refractivity contribution in [1.82, 2.24) is 19.7 Å². The summed E-state index contributed by atoms with van der Waals surface area (Å²) >= 11 is 0. The van der Waals surface area contributed by atoms with Crippen molar-refractivity contribution < 1.29 is 17.9 Å². The van der Waals surface area contributed by atoms with E-state index in [-0.39, 0.29) is 5.92 Å². The number of nitrogens with zero attached hydrogens (tertiary/aromatic N) is 4. The highest BCUT2D eigenvalue weighted by Gasteiger charge is 2.24. The highest BCUT2D eigenvalue weighted by Crippen LogP contribution is 2.36. The van der Waals surface area contributed by atoms with Crippen molar-refractivity contribution >= 4 is 39.1 Å². The molecule has 1 aliphatic heterocycles. The van der Waals surface area contributed by atoms with Crippen LogP contribution >= 0.6 is 0 Å². The highest BCUT2D eigenvalue weighted by molar-refractivity contribution is 7.87. The minimum Gasteiger partial charge on any atom is -0.493 e. The summed E-state index contributed by atoms with van der Waals surface area (Å²) in [6.07, 6.45) is 8.89. The Morgan fingerprint density at radius 2 is 1.88 bits per heavy atom. The van der Waals surface area contributed by atoms with Gasteiger partial charge in [0.25, 0.3) is 10.2 Å². The van der Waals surface area contributed by atoms with Crippen molar-refractivity contribution in [1.29, 1.82) is 0 Å². The molecule has 0 radical (unpaired) electrons. The third-order valence-electron chi connectivity index (χ3n) is 5.79. The van der Waals surface area contributed by atoms with Gasteiger partial charge in [-0.2, -0.15) is 8.42 Å². The fourth-order valence-corrected chi connectivity index (χ4v) is 4.47. The second kappa shape index (κ2) is 10.3. The van der Waals surface area contributed by atoms with Crippen molar-refractivity contribution in [2.75, 3.05) is 38.8 Å². The minimum absolute atomic E-state index is 0.210. The Balaban J connectivity index is 1.67. The van der Waals surface area contributed by atoms with Gasteiger partial charge in [-0.05, 0) is 48.6 Å². The van der Waals surface area contributed by atoms with Crippen molar-refractivity contribution in [2.24, 2.45) is 11.1 Å². The summed E-state index contributed by atoms with van der Waals surface area (Å²) in [6, 6.07) is 7.58. The number of fused-ring (bicyclic) bond motifs is 1. The van der Waals surface area contributed by atoms with E-state index in [0.29, 0.717) is 23.9 Å². The maximum atomic E-state index is 11.2. The summed E-state index contributed by atoms with van der Waals surface area (Å²) in [4.78, 5) is 15.9. The lowest BCUT2D eigenvalue weighted by atomic mass is 9.97. The van der Waals surface area contributed by atoms with Crippen LogP contribution in [0.3, 0.4) is 0 Å². The molecule has 0 spiro atoms. The second-order valence-electron chi connectivity index (χ2n) is 8.07. The molecule has 3 N–H and O–H groups in total. The fraction of sp³-hybridized carbons (Fsp3) is 0.348. The van der Waals surface area contributed by atoms with E-state index in [1.54, 1.807) is 26.6 Å². The van der Waals surface area contributed by atoms with E-state index >= 15 is 0 Å². The molecule has 1 aromatic carbocycles. The number of rotatable bonds is 8. The molecule has 1 fully saturated rings. The van der Waals surface area contributed by atoms with Crippen LogP contribution in [0.5, 0.6) is 11.5 Å². The van der Waals surface area contributed by atoms with Crippen molar-refractivity contribution in [3.8, 4) is 11.5 Å². The van der Waals surface area contributed by atoms with Crippen LogP contribution in [0.15, 0.2) is 36.7 Å². The van der Waals surface area contributed by atoms with E-state index in [4.69, 9.17) is 24.6 Å². The largest absolute Gasteiger partial charge is 0.493 e. The zero-order valence-corrected chi connectivity index (χ0v) is 20.0. The normalized spacial score (nSPS) is 15.2. The first kappa shape index (κ1) is 23.9. The molecule has 3 heterocycles. The number of hydrogen-bond donors (Lipinski definition) is 2. The molecular weight excluding hydrogens is 456 g/mol. The highest BCUT2D eigenvalue weighted by atomic mass is 32.2. The number of methoxy groups -OCH3 is 2. The number of ether oxygens (including phenoxy) is 2. The molecule has 2 aromatic heterocycles.